The first-order valence-corrected chi connectivity index (χ1v) is 8.36. The zero-order chi connectivity index (χ0) is 15.2. The minimum atomic E-state index is -0.484. The van der Waals surface area contributed by atoms with Crippen molar-refractivity contribution in [3.8, 4) is 0 Å². The highest BCUT2D eigenvalue weighted by atomic mass is 35.5. The molecular formula is C16H21Cl2NO2. The molecule has 1 amide bonds. The molecule has 0 aliphatic heterocycles. The van der Waals surface area contributed by atoms with E-state index in [0.717, 1.165) is 37.8 Å². The Morgan fingerprint density at radius 3 is 2.52 bits per heavy atom. The summed E-state index contributed by atoms with van der Waals surface area (Å²) in [6.07, 6.45) is 4.48. The number of amides is 1. The Bertz CT molecular complexity index is 464. The zero-order valence-corrected chi connectivity index (χ0v) is 13.5. The molecule has 1 aromatic carbocycles. The van der Waals surface area contributed by atoms with Crippen LogP contribution in [0.3, 0.4) is 0 Å². The number of aliphatic hydroxyl groups is 1. The summed E-state index contributed by atoms with van der Waals surface area (Å²) in [6, 6.07) is 7.00. The summed E-state index contributed by atoms with van der Waals surface area (Å²) in [6.45, 7) is 0. The maximum atomic E-state index is 12.5. The molecule has 1 aromatic rings. The van der Waals surface area contributed by atoms with E-state index in [1.54, 1.807) is 17.0 Å². The van der Waals surface area contributed by atoms with E-state index in [4.69, 9.17) is 23.2 Å². The molecule has 21 heavy (non-hydrogen) atoms. The minimum absolute atomic E-state index is 0.0433. The van der Waals surface area contributed by atoms with E-state index >= 15 is 0 Å². The molecule has 0 spiro atoms. The number of anilines is 1. The summed E-state index contributed by atoms with van der Waals surface area (Å²) >= 11 is 11.7. The van der Waals surface area contributed by atoms with Gasteiger partial charge in [-0.15, -0.1) is 11.6 Å². The summed E-state index contributed by atoms with van der Waals surface area (Å²) in [5, 5.41) is 11.0. The predicted molar refractivity (Wildman–Crippen MR) is 87.2 cm³/mol. The van der Waals surface area contributed by atoms with Crippen LogP contribution in [0.2, 0.25) is 5.02 Å². The van der Waals surface area contributed by atoms with Crippen LogP contribution in [0.15, 0.2) is 24.3 Å². The van der Waals surface area contributed by atoms with Gasteiger partial charge < -0.3 is 10.0 Å². The van der Waals surface area contributed by atoms with Gasteiger partial charge in [0.15, 0.2) is 0 Å². The molecule has 116 valence electrons. The summed E-state index contributed by atoms with van der Waals surface area (Å²) in [7, 11) is 0. The first-order chi connectivity index (χ1) is 10.1. The Hall–Kier alpha value is -0.770. The largest absolute Gasteiger partial charge is 0.391 e. The van der Waals surface area contributed by atoms with Gasteiger partial charge in [0.1, 0.15) is 0 Å². The molecule has 1 N–H and O–H groups in total. The second-order valence-corrected chi connectivity index (χ2v) is 6.27. The molecule has 0 bridgehead atoms. The van der Waals surface area contributed by atoms with Crippen molar-refractivity contribution in [1.82, 2.24) is 0 Å². The fourth-order valence-corrected chi connectivity index (χ4v) is 3.18. The van der Waals surface area contributed by atoms with E-state index in [9.17, 15) is 9.90 Å². The quantitative estimate of drug-likeness (QED) is 0.670. The molecule has 0 radical (unpaired) electrons. The standard InChI is InChI=1S/C16H21Cl2NO2/c17-11-10-16(21)19(13-8-6-12(18)7-9-13)14-4-2-1-3-5-15(14)20/h6-9,14-15,20H,1-5,10-11H2. The highest BCUT2D eigenvalue weighted by Gasteiger charge is 2.31. The van der Waals surface area contributed by atoms with Crippen LogP contribution >= 0.6 is 23.2 Å². The van der Waals surface area contributed by atoms with Gasteiger partial charge in [0, 0.05) is 23.0 Å². The predicted octanol–water partition coefficient (Wildman–Crippen LogP) is 4.00. The number of hydrogen-bond acceptors (Lipinski definition) is 2. The lowest BCUT2D eigenvalue weighted by molar-refractivity contribution is -0.119. The molecule has 1 saturated carbocycles. The normalized spacial score (nSPS) is 22.6. The molecule has 0 saturated heterocycles. The lowest BCUT2D eigenvalue weighted by Crippen LogP contribution is -2.47. The fraction of sp³-hybridized carbons (Fsp3) is 0.562. The summed E-state index contributed by atoms with van der Waals surface area (Å²) in [5.74, 6) is 0.240. The maximum Gasteiger partial charge on any atom is 0.228 e. The molecule has 0 heterocycles. The van der Waals surface area contributed by atoms with Gasteiger partial charge in [0.25, 0.3) is 0 Å². The SMILES string of the molecule is O=C(CCCl)N(c1ccc(Cl)cc1)C1CCCCCC1O. The number of alkyl halides is 1. The van der Waals surface area contributed by atoms with E-state index in [2.05, 4.69) is 0 Å². The third kappa shape index (κ3) is 4.35. The Morgan fingerprint density at radius 1 is 1.19 bits per heavy atom. The van der Waals surface area contributed by atoms with Crippen LogP contribution < -0.4 is 4.90 Å². The van der Waals surface area contributed by atoms with Crippen LogP contribution in [0.25, 0.3) is 0 Å². The number of rotatable bonds is 4. The molecule has 2 rings (SSSR count). The third-order valence-electron chi connectivity index (χ3n) is 3.96. The van der Waals surface area contributed by atoms with E-state index < -0.39 is 6.10 Å². The number of halogens is 2. The van der Waals surface area contributed by atoms with Crippen molar-refractivity contribution in [2.75, 3.05) is 10.8 Å². The molecule has 1 fully saturated rings. The van der Waals surface area contributed by atoms with Crippen LogP contribution in [-0.2, 0) is 4.79 Å². The van der Waals surface area contributed by atoms with Crippen molar-refractivity contribution in [1.29, 1.82) is 0 Å². The monoisotopic (exact) mass is 329 g/mol. The van der Waals surface area contributed by atoms with Gasteiger partial charge >= 0.3 is 0 Å². The van der Waals surface area contributed by atoms with Crippen molar-refractivity contribution >= 4 is 34.8 Å². The van der Waals surface area contributed by atoms with E-state index in [1.165, 1.54) is 0 Å². The number of aliphatic hydroxyl groups excluding tert-OH is 1. The van der Waals surface area contributed by atoms with Crippen molar-refractivity contribution in [3.63, 3.8) is 0 Å². The van der Waals surface area contributed by atoms with Gasteiger partial charge in [-0.05, 0) is 37.1 Å². The van der Waals surface area contributed by atoms with Gasteiger partial charge in [-0.3, -0.25) is 4.79 Å². The van der Waals surface area contributed by atoms with Gasteiger partial charge in [-0.1, -0.05) is 30.9 Å². The van der Waals surface area contributed by atoms with Gasteiger partial charge in [-0.2, -0.15) is 0 Å². The molecule has 1 aliphatic rings. The van der Waals surface area contributed by atoms with Gasteiger partial charge in [0.2, 0.25) is 5.91 Å². The van der Waals surface area contributed by atoms with E-state index in [1.807, 2.05) is 12.1 Å². The summed E-state index contributed by atoms with van der Waals surface area (Å²) < 4.78 is 0. The Morgan fingerprint density at radius 2 is 1.86 bits per heavy atom. The zero-order valence-electron chi connectivity index (χ0n) is 12.0. The Balaban J connectivity index is 2.30. The highest BCUT2D eigenvalue weighted by molar-refractivity contribution is 6.30. The van der Waals surface area contributed by atoms with E-state index in [0.29, 0.717) is 5.02 Å². The van der Waals surface area contributed by atoms with Gasteiger partial charge in [0.05, 0.1) is 12.1 Å². The second kappa shape index (κ2) is 8.02. The van der Waals surface area contributed by atoms with Crippen LogP contribution in [0.4, 0.5) is 5.69 Å². The lowest BCUT2D eigenvalue weighted by Gasteiger charge is -2.34. The average Bonchev–Trinajstić information content (AvgIpc) is 2.67. The number of nitrogens with zero attached hydrogens (tertiary/aromatic N) is 1. The number of carbonyl (C=O) groups is 1. The molecular weight excluding hydrogens is 309 g/mol. The van der Waals surface area contributed by atoms with Crippen LogP contribution in [0.1, 0.15) is 38.5 Å². The second-order valence-electron chi connectivity index (χ2n) is 5.45. The van der Waals surface area contributed by atoms with E-state index in [-0.39, 0.29) is 24.2 Å². The number of hydrogen-bond donors (Lipinski definition) is 1. The summed E-state index contributed by atoms with van der Waals surface area (Å²) in [4.78, 5) is 14.2. The molecule has 3 nitrogen and oxygen atoms in total. The Kier molecular flexibility index (Phi) is 6.34. The number of benzene rings is 1. The van der Waals surface area contributed by atoms with Crippen molar-refractivity contribution in [3.05, 3.63) is 29.3 Å². The fourth-order valence-electron chi connectivity index (χ4n) is 2.89. The van der Waals surface area contributed by atoms with Crippen molar-refractivity contribution in [2.24, 2.45) is 0 Å². The molecule has 0 aromatic heterocycles. The average molecular weight is 330 g/mol. The maximum absolute atomic E-state index is 12.5. The Labute approximate surface area is 135 Å². The highest BCUT2D eigenvalue weighted by Crippen LogP contribution is 2.28. The molecule has 1 aliphatic carbocycles. The summed E-state index contributed by atoms with van der Waals surface area (Å²) in [5.41, 5.74) is 0.778. The number of carbonyl (C=O) groups excluding carboxylic acids is 1. The van der Waals surface area contributed by atoms with Crippen LogP contribution in [-0.4, -0.2) is 29.0 Å². The van der Waals surface area contributed by atoms with Crippen LogP contribution in [0, 0.1) is 0 Å². The van der Waals surface area contributed by atoms with Crippen LogP contribution in [0.5, 0.6) is 0 Å². The molecule has 2 unspecified atom stereocenters. The lowest BCUT2D eigenvalue weighted by atomic mass is 10.0. The van der Waals surface area contributed by atoms with Crippen molar-refractivity contribution in [2.45, 2.75) is 50.7 Å². The first kappa shape index (κ1) is 16.6. The topological polar surface area (TPSA) is 40.5 Å². The third-order valence-corrected chi connectivity index (χ3v) is 4.40. The smallest absolute Gasteiger partial charge is 0.228 e. The van der Waals surface area contributed by atoms with Gasteiger partial charge in [-0.25, -0.2) is 0 Å². The van der Waals surface area contributed by atoms with Crippen molar-refractivity contribution < 1.29 is 9.90 Å². The minimum Gasteiger partial charge on any atom is -0.391 e. The molecule has 2 atom stereocenters. The molecule has 5 heteroatoms. The first-order valence-electron chi connectivity index (χ1n) is 7.45.